The standard InChI is InChI=1S/C15H25NO2/c1-2-11-17-15-7-4-10-16(13-15)9-3-6-14-8-5-12-18-14/h5,8,12,15H,2-4,6-7,9-11,13H2,1H3. The zero-order chi connectivity index (χ0) is 12.6. The van der Waals surface area contributed by atoms with E-state index < -0.39 is 0 Å². The van der Waals surface area contributed by atoms with Gasteiger partial charge in [-0.25, -0.2) is 0 Å². The largest absolute Gasteiger partial charge is 0.469 e. The maximum Gasteiger partial charge on any atom is 0.103 e. The molecule has 1 atom stereocenters. The number of ether oxygens (including phenoxy) is 1. The van der Waals surface area contributed by atoms with Crippen molar-refractivity contribution >= 4 is 0 Å². The van der Waals surface area contributed by atoms with Crippen LogP contribution in [0.15, 0.2) is 22.8 Å². The van der Waals surface area contributed by atoms with Gasteiger partial charge in [0.25, 0.3) is 0 Å². The highest BCUT2D eigenvalue weighted by molar-refractivity contribution is 4.98. The van der Waals surface area contributed by atoms with Crippen molar-refractivity contribution in [2.45, 2.75) is 45.1 Å². The van der Waals surface area contributed by atoms with Gasteiger partial charge in [0, 0.05) is 19.6 Å². The van der Waals surface area contributed by atoms with Crippen LogP contribution in [0.25, 0.3) is 0 Å². The van der Waals surface area contributed by atoms with Gasteiger partial charge in [-0.1, -0.05) is 6.92 Å². The highest BCUT2D eigenvalue weighted by Crippen LogP contribution is 2.14. The van der Waals surface area contributed by atoms with E-state index in [4.69, 9.17) is 9.15 Å². The third-order valence-electron chi connectivity index (χ3n) is 3.50. The third kappa shape index (κ3) is 4.46. The third-order valence-corrected chi connectivity index (χ3v) is 3.50. The summed E-state index contributed by atoms with van der Waals surface area (Å²) in [4.78, 5) is 2.53. The van der Waals surface area contributed by atoms with Crippen molar-refractivity contribution in [3.63, 3.8) is 0 Å². The van der Waals surface area contributed by atoms with E-state index >= 15 is 0 Å². The summed E-state index contributed by atoms with van der Waals surface area (Å²) in [7, 11) is 0. The van der Waals surface area contributed by atoms with Crippen LogP contribution >= 0.6 is 0 Å². The molecule has 1 saturated heterocycles. The minimum Gasteiger partial charge on any atom is -0.469 e. The van der Waals surface area contributed by atoms with Gasteiger partial charge in [0.05, 0.1) is 12.4 Å². The zero-order valence-electron chi connectivity index (χ0n) is 11.4. The fourth-order valence-electron chi connectivity index (χ4n) is 2.57. The zero-order valence-corrected chi connectivity index (χ0v) is 11.4. The van der Waals surface area contributed by atoms with Crippen LogP contribution in [-0.2, 0) is 11.2 Å². The molecule has 3 nitrogen and oxygen atoms in total. The van der Waals surface area contributed by atoms with Crippen molar-refractivity contribution in [2.24, 2.45) is 0 Å². The first kappa shape index (κ1) is 13.6. The lowest BCUT2D eigenvalue weighted by Crippen LogP contribution is -2.40. The topological polar surface area (TPSA) is 25.6 Å². The van der Waals surface area contributed by atoms with E-state index in [2.05, 4.69) is 17.9 Å². The van der Waals surface area contributed by atoms with Crippen LogP contribution in [0.1, 0.15) is 38.4 Å². The first-order chi connectivity index (χ1) is 8.88. The van der Waals surface area contributed by atoms with Crippen molar-refractivity contribution in [2.75, 3.05) is 26.2 Å². The van der Waals surface area contributed by atoms with E-state index in [1.54, 1.807) is 6.26 Å². The molecular formula is C15H25NO2. The molecule has 1 unspecified atom stereocenters. The summed E-state index contributed by atoms with van der Waals surface area (Å²) in [5.41, 5.74) is 0. The first-order valence-corrected chi connectivity index (χ1v) is 7.25. The minimum atomic E-state index is 0.460. The van der Waals surface area contributed by atoms with Crippen LogP contribution in [0.3, 0.4) is 0 Å². The van der Waals surface area contributed by atoms with E-state index in [1.165, 1.54) is 25.8 Å². The molecule has 102 valence electrons. The summed E-state index contributed by atoms with van der Waals surface area (Å²) in [5, 5.41) is 0. The molecule has 0 amide bonds. The van der Waals surface area contributed by atoms with Crippen molar-refractivity contribution < 1.29 is 9.15 Å². The Morgan fingerprint density at radius 1 is 1.50 bits per heavy atom. The normalized spacial score (nSPS) is 21.3. The number of hydrogen-bond acceptors (Lipinski definition) is 3. The molecule has 0 saturated carbocycles. The van der Waals surface area contributed by atoms with Gasteiger partial charge in [-0.15, -0.1) is 0 Å². The Hall–Kier alpha value is -0.800. The smallest absolute Gasteiger partial charge is 0.103 e. The van der Waals surface area contributed by atoms with Crippen LogP contribution in [0.2, 0.25) is 0 Å². The Morgan fingerprint density at radius 2 is 2.44 bits per heavy atom. The van der Waals surface area contributed by atoms with Gasteiger partial charge in [0.1, 0.15) is 5.76 Å². The Labute approximate surface area is 110 Å². The Kier molecular flexibility index (Phi) is 5.75. The average Bonchev–Trinajstić information content (AvgIpc) is 2.90. The summed E-state index contributed by atoms with van der Waals surface area (Å²) in [6.45, 7) is 6.57. The molecule has 0 radical (unpaired) electrons. The summed E-state index contributed by atoms with van der Waals surface area (Å²) in [6.07, 6.45) is 8.06. The molecule has 3 heteroatoms. The highest BCUT2D eigenvalue weighted by atomic mass is 16.5. The summed E-state index contributed by atoms with van der Waals surface area (Å²) in [5.74, 6) is 1.10. The van der Waals surface area contributed by atoms with Crippen molar-refractivity contribution in [3.05, 3.63) is 24.2 Å². The number of nitrogens with zero attached hydrogens (tertiary/aromatic N) is 1. The molecule has 0 spiro atoms. The van der Waals surface area contributed by atoms with Crippen LogP contribution in [-0.4, -0.2) is 37.2 Å². The number of furan rings is 1. The van der Waals surface area contributed by atoms with Crippen LogP contribution in [0.4, 0.5) is 0 Å². The van der Waals surface area contributed by atoms with Gasteiger partial charge in [-0.2, -0.15) is 0 Å². The Bertz CT molecular complexity index is 310. The van der Waals surface area contributed by atoms with Crippen molar-refractivity contribution in [3.8, 4) is 0 Å². The summed E-state index contributed by atoms with van der Waals surface area (Å²) in [6, 6.07) is 4.02. The molecule has 2 heterocycles. The molecule has 0 aromatic carbocycles. The number of rotatable bonds is 7. The lowest BCUT2D eigenvalue weighted by molar-refractivity contribution is -0.000253. The SMILES string of the molecule is CCCOC1CCCN(CCCc2ccco2)C1. The predicted molar refractivity (Wildman–Crippen MR) is 72.7 cm³/mol. The molecule has 1 aliphatic rings. The quantitative estimate of drug-likeness (QED) is 0.744. The first-order valence-electron chi connectivity index (χ1n) is 7.25. The second kappa shape index (κ2) is 7.59. The summed E-state index contributed by atoms with van der Waals surface area (Å²) >= 11 is 0. The fraction of sp³-hybridized carbons (Fsp3) is 0.733. The predicted octanol–water partition coefficient (Wildman–Crippen LogP) is 3.10. The van der Waals surface area contributed by atoms with Gasteiger partial charge in [-0.3, -0.25) is 0 Å². The van der Waals surface area contributed by atoms with E-state index in [9.17, 15) is 0 Å². The van der Waals surface area contributed by atoms with Gasteiger partial charge in [0.2, 0.25) is 0 Å². The lowest BCUT2D eigenvalue weighted by atomic mass is 10.1. The lowest BCUT2D eigenvalue weighted by Gasteiger charge is -2.32. The molecule has 1 aromatic rings. The molecular weight excluding hydrogens is 226 g/mol. The van der Waals surface area contributed by atoms with E-state index in [0.29, 0.717) is 6.10 Å². The van der Waals surface area contributed by atoms with Gasteiger partial charge in [0.15, 0.2) is 0 Å². The van der Waals surface area contributed by atoms with Crippen LogP contribution < -0.4 is 0 Å². The van der Waals surface area contributed by atoms with Crippen molar-refractivity contribution in [1.29, 1.82) is 0 Å². The second-order valence-electron chi connectivity index (χ2n) is 5.12. The van der Waals surface area contributed by atoms with Crippen LogP contribution in [0, 0.1) is 0 Å². The molecule has 18 heavy (non-hydrogen) atoms. The molecule has 2 rings (SSSR count). The van der Waals surface area contributed by atoms with Gasteiger partial charge < -0.3 is 14.1 Å². The monoisotopic (exact) mass is 251 g/mol. The molecule has 1 aliphatic heterocycles. The Morgan fingerprint density at radius 3 is 3.22 bits per heavy atom. The fourth-order valence-corrected chi connectivity index (χ4v) is 2.57. The summed E-state index contributed by atoms with van der Waals surface area (Å²) < 4.78 is 11.2. The van der Waals surface area contributed by atoms with E-state index in [1.807, 2.05) is 6.07 Å². The number of hydrogen-bond donors (Lipinski definition) is 0. The average molecular weight is 251 g/mol. The highest BCUT2D eigenvalue weighted by Gasteiger charge is 2.19. The van der Waals surface area contributed by atoms with E-state index in [0.717, 1.165) is 38.3 Å². The van der Waals surface area contributed by atoms with Gasteiger partial charge >= 0.3 is 0 Å². The molecule has 0 aliphatic carbocycles. The molecule has 1 aromatic heterocycles. The molecule has 0 bridgehead atoms. The maximum atomic E-state index is 5.85. The van der Waals surface area contributed by atoms with Crippen molar-refractivity contribution in [1.82, 2.24) is 4.90 Å². The van der Waals surface area contributed by atoms with Gasteiger partial charge in [-0.05, 0) is 50.9 Å². The number of aryl methyl sites for hydroxylation is 1. The van der Waals surface area contributed by atoms with Crippen LogP contribution in [0.5, 0.6) is 0 Å². The Balaban J connectivity index is 1.63. The number of likely N-dealkylation sites (tertiary alicyclic amines) is 1. The van der Waals surface area contributed by atoms with E-state index in [-0.39, 0.29) is 0 Å². The molecule has 1 fully saturated rings. The molecule has 0 N–H and O–H groups in total. The number of piperidine rings is 1. The second-order valence-corrected chi connectivity index (χ2v) is 5.12. The maximum absolute atomic E-state index is 5.85. The minimum absolute atomic E-state index is 0.460.